The minimum Gasteiger partial charge on any atom is -0.507 e. The van der Waals surface area contributed by atoms with Crippen molar-refractivity contribution in [3.8, 4) is 11.5 Å². The molecule has 1 heterocycles. The third-order valence-corrected chi connectivity index (χ3v) is 7.50. The van der Waals surface area contributed by atoms with E-state index in [1.807, 2.05) is 49.4 Å². The molecule has 6 nitrogen and oxygen atoms in total. The predicted molar refractivity (Wildman–Crippen MR) is 148 cm³/mol. The van der Waals surface area contributed by atoms with Crippen molar-refractivity contribution >= 4 is 23.1 Å². The summed E-state index contributed by atoms with van der Waals surface area (Å²) in [6.07, 6.45) is 4.15. The highest BCUT2D eigenvalue weighted by atomic mass is 16.5. The van der Waals surface area contributed by atoms with Gasteiger partial charge in [0.25, 0.3) is 11.7 Å². The lowest BCUT2D eigenvalue weighted by atomic mass is 9.88. The van der Waals surface area contributed by atoms with Crippen LogP contribution in [0.15, 0.2) is 66.2 Å². The predicted octanol–water partition coefficient (Wildman–Crippen LogP) is 6.42. The normalized spacial score (nSPS) is 18.6. The maximum atomic E-state index is 13.5. The number of amides is 1. The number of anilines is 1. The number of ether oxygens (including phenoxy) is 1. The quantitative estimate of drug-likeness (QED) is 0.227. The number of carbonyl (C=O) groups is 2. The second kappa shape index (κ2) is 10.4. The van der Waals surface area contributed by atoms with Gasteiger partial charge in [0.15, 0.2) is 11.5 Å². The third kappa shape index (κ3) is 4.55. The van der Waals surface area contributed by atoms with Crippen LogP contribution < -0.4 is 9.64 Å². The molecule has 1 aliphatic carbocycles. The van der Waals surface area contributed by atoms with Gasteiger partial charge in [0.2, 0.25) is 0 Å². The monoisotopic (exact) mass is 511 g/mol. The van der Waals surface area contributed by atoms with E-state index < -0.39 is 17.7 Å². The van der Waals surface area contributed by atoms with Crippen molar-refractivity contribution in [1.82, 2.24) is 0 Å². The zero-order valence-electron chi connectivity index (χ0n) is 22.0. The summed E-state index contributed by atoms with van der Waals surface area (Å²) >= 11 is 0. The van der Waals surface area contributed by atoms with Crippen molar-refractivity contribution in [2.45, 2.75) is 58.4 Å². The lowest BCUT2D eigenvalue weighted by Gasteiger charge is -2.26. The number of Topliss-reactive ketones (excluding diaryl/α,β-unsaturated/α-hetero) is 1. The molecule has 2 N–H and O–H groups in total. The number of hydrogen-bond donors (Lipinski definition) is 2. The van der Waals surface area contributed by atoms with Gasteiger partial charge in [-0.3, -0.25) is 14.5 Å². The van der Waals surface area contributed by atoms with Crippen LogP contribution in [0.2, 0.25) is 0 Å². The van der Waals surface area contributed by atoms with Gasteiger partial charge in [0.1, 0.15) is 5.76 Å². The fourth-order valence-electron chi connectivity index (χ4n) is 5.44. The van der Waals surface area contributed by atoms with Crippen molar-refractivity contribution < 1.29 is 24.5 Å². The van der Waals surface area contributed by atoms with E-state index in [0.29, 0.717) is 29.3 Å². The molecule has 1 fully saturated rings. The van der Waals surface area contributed by atoms with Crippen molar-refractivity contribution in [3.63, 3.8) is 0 Å². The molecule has 3 aromatic carbocycles. The highest BCUT2D eigenvalue weighted by Gasteiger charge is 2.47. The van der Waals surface area contributed by atoms with Crippen LogP contribution in [0.4, 0.5) is 5.69 Å². The standard InChI is InChI=1S/C32H33NO5/c1-4-38-27-18-23(13-16-26(27)34)29-28(30(35)24-10-9-21-7-5-6-8-22(21)17-24)31(36)32(37)33(29)25-14-11-20(12-15-25)19(2)3/h9-19,29,34-35H,4-8H2,1-3H3/b30-28+. The summed E-state index contributed by atoms with van der Waals surface area (Å²) in [5.74, 6) is -1.13. The number of ketones is 1. The molecule has 0 radical (unpaired) electrons. The maximum Gasteiger partial charge on any atom is 0.300 e. The van der Waals surface area contributed by atoms with E-state index in [9.17, 15) is 19.8 Å². The maximum absolute atomic E-state index is 13.5. The first-order chi connectivity index (χ1) is 18.3. The molecule has 196 valence electrons. The van der Waals surface area contributed by atoms with Crippen LogP contribution in [0.3, 0.4) is 0 Å². The van der Waals surface area contributed by atoms with Gasteiger partial charge in [-0.15, -0.1) is 0 Å². The Hall–Kier alpha value is -4.06. The Labute approximate surface area is 223 Å². The van der Waals surface area contributed by atoms with E-state index >= 15 is 0 Å². The molecule has 6 heteroatoms. The lowest BCUT2D eigenvalue weighted by molar-refractivity contribution is -0.132. The molecule has 2 aliphatic rings. The van der Waals surface area contributed by atoms with E-state index in [1.54, 1.807) is 12.1 Å². The summed E-state index contributed by atoms with van der Waals surface area (Å²) in [7, 11) is 0. The number of hydrogen-bond acceptors (Lipinski definition) is 5. The number of phenols is 1. The molecule has 1 amide bonds. The molecule has 0 bridgehead atoms. The van der Waals surface area contributed by atoms with Crippen molar-refractivity contribution in [2.75, 3.05) is 11.5 Å². The molecule has 0 aromatic heterocycles. The number of carbonyl (C=O) groups excluding carboxylic acids is 2. The minimum absolute atomic E-state index is 0.0202. The van der Waals surface area contributed by atoms with E-state index in [1.165, 1.54) is 22.1 Å². The van der Waals surface area contributed by atoms with Crippen LogP contribution in [-0.2, 0) is 22.4 Å². The Morgan fingerprint density at radius 3 is 2.37 bits per heavy atom. The number of aliphatic hydroxyl groups excluding tert-OH is 1. The molecule has 1 aliphatic heterocycles. The molecule has 0 saturated carbocycles. The van der Waals surface area contributed by atoms with E-state index in [0.717, 1.165) is 31.2 Å². The van der Waals surface area contributed by atoms with Gasteiger partial charge in [-0.1, -0.05) is 44.2 Å². The van der Waals surface area contributed by atoms with E-state index in [2.05, 4.69) is 13.8 Å². The average Bonchev–Trinajstić information content (AvgIpc) is 3.19. The fraction of sp³-hybridized carbons (Fsp3) is 0.312. The number of aryl methyl sites for hydroxylation is 2. The molecule has 0 spiro atoms. The Balaban J connectivity index is 1.69. The van der Waals surface area contributed by atoms with Gasteiger partial charge in [-0.25, -0.2) is 0 Å². The summed E-state index contributed by atoms with van der Waals surface area (Å²) < 4.78 is 5.60. The first-order valence-electron chi connectivity index (χ1n) is 13.3. The zero-order valence-corrected chi connectivity index (χ0v) is 22.0. The fourth-order valence-corrected chi connectivity index (χ4v) is 5.44. The van der Waals surface area contributed by atoms with E-state index in [4.69, 9.17) is 4.74 Å². The highest BCUT2D eigenvalue weighted by Crippen LogP contribution is 2.44. The first kappa shape index (κ1) is 25.6. The number of benzene rings is 3. The van der Waals surface area contributed by atoms with Crippen LogP contribution in [0, 0.1) is 0 Å². The lowest BCUT2D eigenvalue weighted by Crippen LogP contribution is -2.29. The van der Waals surface area contributed by atoms with Crippen molar-refractivity contribution in [1.29, 1.82) is 0 Å². The topological polar surface area (TPSA) is 87.1 Å². The molecule has 5 rings (SSSR count). The molecular formula is C32H33NO5. The van der Waals surface area contributed by atoms with Crippen molar-refractivity contribution in [2.24, 2.45) is 0 Å². The van der Waals surface area contributed by atoms with Crippen LogP contribution >= 0.6 is 0 Å². The molecule has 1 saturated heterocycles. The number of aliphatic hydroxyl groups is 1. The SMILES string of the molecule is CCOc1cc(C2/C(=C(\O)c3ccc4c(c3)CCCC4)C(=O)C(=O)N2c2ccc(C(C)C)cc2)ccc1O. The van der Waals surface area contributed by atoms with Crippen molar-refractivity contribution in [3.05, 3.63) is 94.1 Å². The second-order valence-electron chi connectivity index (χ2n) is 10.3. The summed E-state index contributed by atoms with van der Waals surface area (Å²) in [6, 6.07) is 17.2. The smallest absolute Gasteiger partial charge is 0.300 e. The minimum atomic E-state index is -0.893. The largest absolute Gasteiger partial charge is 0.507 e. The number of aromatic hydroxyl groups is 1. The van der Waals surface area contributed by atoms with Crippen LogP contribution in [0.1, 0.15) is 73.4 Å². The summed E-state index contributed by atoms with van der Waals surface area (Å²) in [5, 5.41) is 21.9. The van der Waals surface area contributed by atoms with E-state index in [-0.39, 0.29) is 22.8 Å². The molecule has 38 heavy (non-hydrogen) atoms. The van der Waals surface area contributed by atoms with Crippen LogP contribution in [0.25, 0.3) is 5.76 Å². The Morgan fingerprint density at radius 2 is 1.68 bits per heavy atom. The molecule has 1 unspecified atom stereocenters. The van der Waals surface area contributed by atoms with Gasteiger partial charge in [0, 0.05) is 11.3 Å². The van der Waals surface area contributed by atoms with Gasteiger partial charge >= 0.3 is 0 Å². The second-order valence-corrected chi connectivity index (χ2v) is 10.3. The first-order valence-corrected chi connectivity index (χ1v) is 13.3. The Kier molecular flexibility index (Phi) is 6.98. The molecule has 1 atom stereocenters. The summed E-state index contributed by atoms with van der Waals surface area (Å²) in [6.45, 7) is 6.32. The van der Waals surface area contributed by atoms with Gasteiger partial charge in [0.05, 0.1) is 18.2 Å². The average molecular weight is 512 g/mol. The number of nitrogens with zero attached hydrogens (tertiary/aromatic N) is 1. The summed E-state index contributed by atoms with van der Waals surface area (Å²) in [4.78, 5) is 28.5. The molecular weight excluding hydrogens is 478 g/mol. The zero-order chi connectivity index (χ0) is 27.0. The number of rotatable bonds is 6. The Morgan fingerprint density at radius 1 is 0.974 bits per heavy atom. The van der Waals surface area contributed by atoms with Gasteiger partial charge in [-0.2, -0.15) is 0 Å². The van der Waals surface area contributed by atoms with Crippen LogP contribution in [-0.4, -0.2) is 28.5 Å². The highest BCUT2D eigenvalue weighted by molar-refractivity contribution is 6.51. The number of fused-ring (bicyclic) bond motifs is 1. The number of phenolic OH excluding ortho intramolecular Hbond substituents is 1. The van der Waals surface area contributed by atoms with Gasteiger partial charge in [-0.05, 0) is 91.1 Å². The van der Waals surface area contributed by atoms with Gasteiger partial charge < -0.3 is 14.9 Å². The summed E-state index contributed by atoms with van der Waals surface area (Å²) in [5.41, 5.74) is 5.18. The Bertz CT molecular complexity index is 1420. The molecule has 3 aromatic rings. The third-order valence-electron chi connectivity index (χ3n) is 7.50. The van der Waals surface area contributed by atoms with Crippen LogP contribution in [0.5, 0.6) is 11.5 Å².